The summed E-state index contributed by atoms with van der Waals surface area (Å²) in [5.41, 5.74) is 3.56. The smallest absolute Gasteiger partial charge is 0.0622 e. The number of unbranched alkanes of at least 4 members (excludes halogenated alkanes) is 1. The summed E-state index contributed by atoms with van der Waals surface area (Å²) < 4.78 is 11.8. The summed E-state index contributed by atoms with van der Waals surface area (Å²) in [5.74, 6) is 1.24. The van der Waals surface area contributed by atoms with E-state index in [0.717, 1.165) is 12.0 Å². The molecule has 0 amide bonds. The van der Waals surface area contributed by atoms with E-state index < -0.39 is 10.8 Å². The van der Waals surface area contributed by atoms with E-state index in [0.29, 0.717) is 17.9 Å². The van der Waals surface area contributed by atoms with Crippen LogP contribution in [0, 0.1) is 25.2 Å². The summed E-state index contributed by atoms with van der Waals surface area (Å²) in [7, 11) is -0.842. The van der Waals surface area contributed by atoms with E-state index in [4.69, 9.17) is 5.26 Å². The highest BCUT2D eigenvalue weighted by Gasteiger charge is 2.04. The fraction of sp³-hybridized carbons (Fsp3) is 0.462. The maximum atomic E-state index is 11.8. The van der Waals surface area contributed by atoms with E-state index >= 15 is 0 Å². The molecule has 0 fully saturated rings. The van der Waals surface area contributed by atoms with Crippen LogP contribution in [0.25, 0.3) is 0 Å². The van der Waals surface area contributed by atoms with Gasteiger partial charge in [-0.1, -0.05) is 23.8 Å². The maximum absolute atomic E-state index is 11.8. The van der Waals surface area contributed by atoms with Crippen molar-refractivity contribution in [1.82, 2.24) is 0 Å². The molecule has 0 aliphatic heterocycles. The molecule has 0 aliphatic rings. The Labute approximate surface area is 99.8 Å². The molecule has 0 bridgehead atoms. The van der Waals surface area contributed by atoms with E-state index in [9.17, 15) is 4.21 Å². The molecule has 0 aromatic heterocycles. The summed E-state index contributed by atoms with van der Waals surface area (Å²) in [5, 5.41) is 8.40. The summed E-state index contributed by atoms with van der Waals surface area (Å²) in [6.45, 7) is 4.09. The van der Waals surface area contributed by atoms with Crippen LogP contribution in [0.15, 0.2) is 18.2 Å². The van der Waals surface area contributed by atoms with Gasteiger partial charge in [-0.05, 0) is 31.4 Å². The lowest BCUT2D eigenvalue weighted by atomic mass is 10.1. The van der Waals surface area contributed by atoms with Gasteiger partial charge in [-0.3, -0.25) is 4.21 Å². The number of aryl methyl sites for hydroxylation is 2. The molecule has 0 radical (unpaired) electrons. The van der Waals surface area contributed by atoms with Gasteiger partial charge in [0, 0.05) is 28.7 Å². The van der Waals surface area contributed by atoms with Crippen LogP contribution in [0.5, 0.6) is 0 Å². The first kappa shape index (κ1) is 12.9. The van der Waals surface area contributed by atoms with Gasteiger partial charge < -0.3 is 0 Å². The Morgan fingerprint density at radius 3 is 2.81 bits per heavy atom. The second-order valence-corrected chi connectivity index (χ2v) is 5.56. The van der Waals surface area contributed by atoms with E-state index in [1.165, 1.54) is 11.1 Å². The number of hydrogen-bond acceptors (Lipinski definition) is 2. The molecule has 0 saturated heterocycles. The molecule has 1 atom stereocenters. The van der Waals surface area contributed by atoms with Gasteiger partial charge in [0.25, 0.3) is 0 Å². The molecule has 3 heteroatoms. The average Bonchev–Trinajstić information content (AvgIpc) is 2.24. The lowest BCUT2D eigenvalue weighted by Gasteiger charge is -2.06. The zero-order chi connectivity index (χ0) is 12.0. The summed E-state index contributed by atoms with van der Waals surface area (Å²) in [4.78, 5) is 0. The number of hydrogen-bond donors (Lipinski definition) is 0. The van der Waals surface area contributed by atoms with Crippen molar-refractivity contribution in [3.05, 3.63) is 34.9 Å². The van der Waals surface area contributed by atoms with Crippen LogP contribution < -0.4 is 0 Å². The Balaban J connectivity index is 2.56. The highest BCUT2D eigenvalue weighted by atomic mass is 32.2. The Morgan fingerprint density at radius 1 is 1.38 bits per heavy atom. The summed E-state index contributed by atoms with van der Waals surface area (Å²) in [6.07, 6.45) is 1.23. The second kappa shape index (κ2) is 6.44. The van der Waals surface area contributed by atoms with Crippen LogP contribution in [-0.2, 0) is 16.6 Å². The fourth-order valence-corrected chi connectivity index (χ4v) is 2.78. The predicted molar refractivity (Wildman–Crippen MR) is 67.5 cm³/mol. The normalized spacial score (nSPS) is 12.1. The first-order valence-electron chi connectivity index (χ1n) is 5.41. The summed E-state index contributed by atoms with van der Waals surface area (Å²) >= 11 is 0. The van der Waals surface area contributed by atoms with Crippen LogP contribution in [0.4, 0.5) is 0 Å². The highest BCUT2D eigenvalue weighted by molar-refractivity contribution is 7.84. The molecule has 1 rings (SSSR count). The number of benzene rings is 1. The maximum Gasteiger partial charge on any atom is 0.0622 e. The van der Waals surface area contributed by atoms with Gasteiger partial charge in [0.05, 0.1) is 6.07 Å². The van der Waals surface area contributed by atoms with Crippen molar-refractivity contribution in [3.8, 4) is 6.07 Å². The molecule has 0 heterocycles. The molecule has 0 aliphatic carbocycles. The second-order valence-electron chi connectivity index (χ2n) is 3.98. The average molecular weight is 235 g/mol. The third kappa shape index (κ3) is 4.16. The first-order chi connectivity index (χ1) is 7.63. The van der Waals surface area contributed by atoms with Gasteiger partial charge in [0.15, 0.2) is 0 Å². The monoisotopic (exact) mass is 235 g/mol. The Morgan fingerprint density at radius 2 is 2.12 bits per heavy atom. The van der Waals surface area contributed by atoms with Crippen molar-refractivity contribution >= 4 is 10.8 Å². The van der Waals surface area contributed by atoms with Crippen LogP contribution in [0.2, 0.25) is 0 Å². The van der Waals surface area contributed by atoms with Crippen molar-refractivity contribution in [2.75, 3.05) is 5.75 Å². The molecule has 1 unspecified atom stereocenters. The molecule has 0 spiro atoms. The van der Waals surface area contributed by atoms with Crippen LogP contribution in [-0.4, -0.2) is 9.96 Å². The van der Waals surface area contributed by atoms with Crippen molar-refractivity contribution < 1.29 is 4.21 Å². The third-order valence-corrected chi connectivity index (χ3v) is 3.86. The molecule has 0 saturated carbocycles. The standard InChI is InChI=1S/C13H17NOS/c1-11-5-6-12(2)13(9-11)10-16(15)8-4-3-7-14/h5-6,9H,3-4,8,10H2,1-2H3. The van der Waals surface area contributed by atoms with Crippen molar-refractivity contribution in [3.63, 3.8) is 0 Å². The molecule has 1 aromatic rings. The third-order valence-electron chi connectivity index (χ3n) is 2.48. The lowest BCUT2D eigenvalue weighted by Crippen LogP contribution is -2.02. The largest absolute Gasteiger partial charge is 0.259 e. The van der Waals surface area contributed by atoms with E-state index in [2.05, 4.69) is 24.3 Å². The molecule has 0 N–H and O–H groups in total. The molecule has 16 heavy (non-hydrogen) atoms. The highest BCUT2D eigenvalue weighted by Crippen LogP contribution is 2.13. The fourth-order valence-electron chi connectivity index (χ4n) is 1.51. The number of nitrogens with zero attached hydrogens (tertiary/aromatic N) is 1. The Bertz CT molecular complexity index is 420. The van der Waals surface area contributed by atoms with Crippen molar-refractivity contribution in [2.24, 2.45) is 0 Å². The minimum Gasteiger partial charge on any atom is -0.259 e. The topological polar surface area (TPSA) is 40.9 Å². The van der Waals surface area contributed by atoms with Gasteiger partial charge in [0.1, 0.15) is 0 Å². The van der Waals surface area contributed by atoms with Crippen molar-refractivity contribution in [2.45, 2.75) is 32.4 Å². The van der Waals surface area contributed by atoms with Gasteiger partial charge >= 0.3 is 0 Å². The number of nitriles is 1. The predicted octanol–water partition coefficient (Wildman–Crippen LogP) is 2.86. The van der Waals surface area contributed by atoms with Gasteiger partial charge in [0.2, 0.25) is 0 Å². The lowest BCUT2D eigenvalue weighted by molar-refractivity contribution is 0.680. The van der Waals surface area contributed by atoms with E-state index in [-0.39, 0.29) is 0 Å². The quantitative estimate of drug-likeness (QED) is 0.736. The zero-order valence-electron chi connectivity index (χ0n) is 9.82. The molecular weight excluding hydrogens is 218 g/mol. The molecule has 86 valence electrons. The minimum atomic E-state index is -0.842. The minimum absolute atomic E-state index is 0.499. The molecule has 2 nitrogen and oxygen atoms in total. The number of rotatable bonds is 5. The zero-order valence-corrected chi connectivity index (χ0v) is 10.6. The van der Waals surface area contributed by atoms with Gasteiger partial charge in [-0.25, -0.2) is 0 Å². The van der Waals surface area contributed by atoms with Crippen molar-refractivity contribution in [1.29, 1.82) is 5.26 Å². The SMILES string of the molecule is Cc1ccc(C)c(CS(=O)CCCC#N)c1. The molecule has 1 aromatic carbocycles. The van der Waals surface area contributed by atoms with Gasteiger partial charge in [-0.2, -0.15) is 5.26 Å². The molecular formula is C13H17NOS. The van der Waals surface area contributed by atoms with E-state index in [1.54, 1.807) is 0 Å². The van der Waals surface area contributed by atoms with E-state index in [1.807, 2.05) is 13.8 Å². The van der Waals surface area contributed by atoms with Crippen LogP contribution in [0.3, 0.4) is 0 Å². The summed E-state index contributed by atoms with van der Waals surface area (Å²) in [6, 6.07) is 8.30. The Kier molecular flexibility index (Phi) is 5.21. The first-order valence-corrected chi connectivity index (χ1v) is 6.90. The van der Waals surface area contributed by atoms with Crippen LogP contribution >= 0.6 is 0 Å². The Hall–Kier alpha value is -1.14. The van der Waals surface area contributed by atoms with Crippen LogP contribution in [0.1, 0.15) is 29.5 Å². The van der Waals surface area contributed by atoms with Gasteiger partial charge in [-0.15, -0.1) is 0 Å².